The van der Waals surface area contributed by atoms with E-state index < -0.39 is 0 Å². The third-order valence-corrected chi connectivity index (χ3v) is 9.07. The highest BCUT2D eigenvalue weighted by molar-refractivity contribution is 6.28. The first kappa shape index (κ1) is 22.6. The van der Waals surface area contributed by atoms with Gasteiger partial charge in [0, 0.05) is 0 Å². The molecule has 0 aliphatic heterocycles. The molecule has 0 heterocycles. The van der Waals surface area contributed by atoms with Crippen LogP contribution in [0.25, 0.3) is 76.5 Å². The lowest BCUT2D eigenvalue weighted by atomic mass is 9.89. The van der Waals surface area contributed by atoms with Crippen molar-refractivity contribution in [3.63, 3.8) is 0 Å². The van der Waals surface area contributed by atoms with E-state index in [-0.39, 0.29) is 0 Å². The molecule has 0 N–H and O–H groups in total. The second-order valence-corrected chi connectivity index (χ2v) is 11.3. The molecule has 8 aromatic rings. The van der Waals surface area contributed by atoms with Crippen LogP contribution in [0.3, 0.4) is 0 Å². The summed E-state index contributed by atoms with van der Waals surface area (Å²) >= 11 is 0. The van der Waals surface area contributed by atoms with Gasteiger partial charge < -0.3 is 0 Å². The summed E-state index contributed by atoms with van der Waals surface area (Å²) in [5.74, 6) is 0. The van der Waals surface area contributed by atoms with Gasteiger partial charge in [-0.2, -0.15) is 0 Å². The second kappa shape index (κ2) is 8.65. The van der Waals surface area contributed by atoms with Crippen LogP contribution in [0.2, 0.25) is 0 Å². The van der Waals surface area contributed by atoms with Gasteiger partial charge >= 0.3 is 0 Å². The van der Waals surface area contributed by atoms with Gasteiger partial charge in [-0.25, -0.2) is 0 Å². The van der Waals surface area contributed by atoms with Crippen LogP contribution in [-0.4, -0.2) is 0 Å². The van der Waals surface area contributed by atoms with Crippen molar-refractivity contribution in [3.05, 3.63) is 157 Å². The molecule has 0 saturated heterocycles. The smallest absolute Gasteiger partial charge is 0.00132 e. The molecule has 0 radical (unpaired) electrons. The minimum atomic E-state index is 1.01. The van der Waals surface area contributed by atoms with Crippen LogP contribution in [0.15, 0.2) is 146 Å². The van der Waals surface area contributed by atoms with Gasteiger partial charge in [-0.3, -0.25) is 0 Å². The largest absolute Gasteiger partial charge is 0.0616 e. The highest BCUT2D eigenvalue weighted by Crippen LogP contribution is 2.44. The van der Waals surface area contributed by atoms with Crippen LogP contribution in [0.5, 0.6) is 0 Å². The summed E-state index contributed by atoms with van der Waals surface area (Å²) in [6, 6.07) is 53.9. The Balaban J connectivity index is 1.19. The summed E-state index contributed by atoms with van der Waals surface area (Å²) in [7, 11) is 0. The van der Waals surface area contributed by atoms with Gasteiger partial charge in [-0.05, 0) is 100 Å². The molecule has 0 aromatic heterocycles. The van der Waals surface area contributed by atoms with Gasteiger partial charge in [0.25, 0.3) is 0 Å². The third-order valence-electron chi connectivity index (χ3n) is 9.07. The molecule has 8 aromatic carbocycles. The van der Waals surface area contributed by atoms with Gasteiger partial charge in [0.2, 0.25) is 0 Å². The zero-order valence-electron chi connectivity index (χ0n) is 22.6. The maximum absolute atomic E-state index is 2.40. The van der Waals surface area contributed by atoms with Crippen LogP contribution in [0.1, 0.15) is 11.1 Å². The molecule has 1 aliphatic rings. The molecular formula is C41H26. The number of benzene rings is 8. The molecule has 0 atom stereocenters. The Morgan fingerprint density at radius 3 is 1.66 bits per heavy atom. The zero-order chi connectivity index (χ0) is 26.9. The van der Waals surface area contributed by atoms with Gasteiger partial charge in [0.05, 0.1) is 0 Å². The third kappa shape index (κ3) is 3.34. The first-order valence-corrected chi connectivity index (χ1v) is 14.4. The highest BCUT2D eigenvalue weighted by atomic mass is 14.2. The van der Waals surface area contributed by atoms with E-state index in [9.17, 15) is 0 Å². The fourth-order valence-electron chi connectivity index (χ4n) is 7.17. The van der Waals surface area contributed by atoms with Crippen molar-refractivity contribution in [1.82, 2.24) is 0 Å². The van der Waals surface area contributed by atoms with Crippen molar-refractivity contribution in [2.24, 2.45) is 0 Å². The monoisotopic (exact) mass is 518 g/mol. The number of fused-ring (bicyclic) bond motifs is 11. The van der Waals surface area contributed by atoms with Gasteiger partial charge in [0.1, 0.15) is 0 Å². The SMILES string of the molecule is c1ccc2c3c(ccc2c1)Cc1ccc(-c2ccc(-c4cccc5c6ccccc6c6ccccc6c45)cc2)cc1-3. The Labute approximate surface area is 239 Å². The molecular weight excluding hydrogens is 492 g/mol. The van der Waals surface area contributed by atoms with Gasteiger partial charge in [-0.15, -0.1) is 0 Å². The Hall–Kier alpha value is -5.20. The molecule has 0 saturated carbocycles. The first-order chi connectivity index (χ1) is 20.3. The topological polar surface area (TPSA) is 0 Å². The minimum absolute atomic E-state index is 1.01. The summed E-state index contributed by atoms with van der Waals surface area (Å²) in [5, 5.41) is 10.5. The van der Waals surface area contributed by atoms with E-state index in [2.05, 4.69) is 146 Å². The van der Waals surface area contributed by atoms with Crippen molar-refractivity contribution in [2.45, 2.75) is 6.42 Å². The molecule has 0 heteroatoms. The van der Waals surface area contributed by atoms with E-state index >= 15 is 0 Å². The van der Waals surface area contributed by atoms with Crippen LogP contribution in [-0.2, 0) is 6.42 Å². The van der Waals surface area contributed by atoms with Crippen molar-refractivity contribution in [1.29, 1.82) is 0 Å². The highest BCUT2D eigenvalue weighted by Gasteiger charge is 2.21. The molecule has 41 heavy (non-hydrogen) atoms. The van der Waals surface area contributed by atoms with Crippen LogP contribution < -0.4 is 0 Å². The minimum Gasteiger partial charge on any atom is -0.0616 e. The lowest BCUT2D eigenvalue weighted by Gasteiger charge is -2.15. The fourth-order valence-corrected chi connectivity index (χ4v) is 7.17. The maximum Gasteiger partial charge on any atom is -0.00132 e. The molecule has 190 valence electrons. The zero-order valence-corrected chi connectivity index (χ0v) is 22.6. The Kier molecular flexibility index (Phi) is 4.77. The second-order valence-electron chi connectivity index (χ2n) is 11.3. The maximum atomic E-state index is 2.40. The van der Waals surface area contributed by atoms with Gasteiger partial charge in [-0.1, -0.05) is 140 Å². The fraction of sp³-hybridized carbons (Fsp3) is 0.0244. The van der Waals surface area contributed by atoms with Crippen LogP contribution >= 0.6 is 0 Å². The van der Waals surface area contributed by atoms with E-state index in [1.165, 1.54) is 87.6 Å². The van der Waals surface area contributed by atoms with Gasteiger partial charge in [0.15, 0.2) is 0 Å². The average Bonchev–Trinajstić information content (AvgIpc) is 3.43. The first-order valence-electron chi connectivity index (χ1n) is 14.4. The van der Waals surface area contributed by atoms with Crippen molar-refractivity contribution in [3.8, 4) is 33.4 Å². The summed E-state index contributed by atoms with van der Waals surface area (Å²) in [6.07, 6.45) is 1.01. The van der Waals surface area contributed by atoms with E-state index in [4.69, 9.17) is 0 Å². The van der Waals surface area contributed by atoms with E-state index in [1.54, 1.807) is 0 Å². The van der Waals surface area contributed by atoms with E-state index in [0.29, 0.717) is 0 Å². The summed E-state index contributed by atoms with van der Waals surface area (Å²) < 4.78 is 0. The summed E-state index contributed by atoms with van der Waals surface area (Å²) in [6.45, 7) is 0. The molecule has 0 bridgehead atoms. The molecule has 0 amide bonds. The quantitative estimate of drug-likeness (QED) is 0.200. The lowest BCUT2D eigenvalue weighted by Crippen LogP contribution is -1.88. The number of rotatable bonds is 2. The van der Waals surface area contributed by atoms with Crippen molar-refractivity contribution >= 4 is 43.1 Å². The molecule has 0 unspecified atom stereocenters. The lowest BCUT2D eigenvalue weighted by molar-refractivity contribution is 1.27. The summed E-state index contributed by atoms with van der Waals surface area (Å²) in [5.41, 5.74) is 10.7. The number of hydrogen-bond donors (Lipinski definition) is 0. The predicted octanol–water partition coefficient (Wildman–Crippen LogP) is 11.2. The standard InChI is InChI=1S/C41H26/c1-2-9-32-27(8-1)20-23-31-24-30-22-21-29(25-39(30)40(31)32)26-16-18-28(19-17-26)33-14-7-15-38-36-11-4-3-10-34(36)35-12-5-6-13-37(35)41(33)38/h1-23,25H,24H2. The Morgan fingerprint density at radius 1 is 0.341 bits per heavy atom. The van der Waals surface area contributed by atoms with E-state index in [1.807, 2.05) is 0 Å². The van der Waals surface area contributed by atoms with E-state index in [0.717, 1.165) is 6.42 Å². The molecule has 0 spiro atoms. The normalized spacial score (nSPS) is 12.3. The molecule has 0 nitrogen and oxygen atoms in total. The van der Waals surface area contributed by atoms with Crippen molar-refractivity contribution < 1.29 is 0 Å². The van der Waals surface area contributed by atoms with Crippen molar-refractivity contribution in [2.75, 3.05) is 0 Å². The predicted molar refractivity (Wildman–Crippen MR) is 176 cm³/mol. The summed E-state index contributed by atoms with van der Waals surface area (Å²) in [4.78, 5) is 0. The number of hydrogen-bond acceptors (Lipinski definition) is 0. The Morgan fingerprint density at radius 2 is 0.902 bits per heavy atom. The van der Waals surface area contributed by atoms with Crippen LogP contribution in [0.4, 0.5) is 0 Å². The molecule has 1 aliphatic carbocycles. The van der Waals surface area contributed by atoms with Crippen LogP contribution in [0, 0.1) is 0 Å². The molecule has 0 fully saturated rings. The molecule has 9 rings (SSSR count). The average molecular weight is 519 g/mol. The Bertz CT molecular complexity index is 2270.